The Labute approximate surface area is 255 Å². The van der Waals surface area contributed by atoms with Crippen LogP contribution in [0.1, 0.15) is 44.6 Å². The van der Waals surface area contributed by atoms with Gasteiger partial charge in [0.2, 0.25) is 5.91 Å². The number of aliphatic hydroxyl groups excluding tert-OH is 1. The minimum Gasteiger partial charge on any atom is -0.456 e. The van der Waals surface area contributed by atoms with E-state index >= 15 is 0 Å². The molecule has 44 heavy (non-hydrogen) atoms. The van der Waals surface area contributed by atoms with Crippen molar-refractivity contribution in [2.75, 3.05) is 13.7 Å². The largest absolute Gasteiger partial charge is 0.456 e. The fraction of sp³-hybridized carbons (Fsp3) is 0.613. The summed E-state index contributed by atoms with van der Waals surface area (Å²) >= 11 is 0. The number of primary amides is 1. The number of cyclic esters (lactones) is 1. The second-order valence-corrected chi connectivity index (χ2v) is 12.3. The van der Waals surface area contributed by atoms with Crippen molar-refractivity contribution in [3.8, 4) is 0 Å². The van der Waals surface area contributed by atoms with E-state index in [0.717, 1.165) is 5.57 Å². The first-order valence-corrected chi connectivity index (χ1v) is 14.9. The van der Waals surface area contributed by atoms with Crippen LogP contribution in [0.25, 0.3) is 0 Å². The zero-order valence-electron chi connectivity index (χ0n) is 25.4. The number of hydrogen-bond donors (Lipinski definition) is 4. The monoisotopic (exact) mass is 615 g/mol. The number of esters is 2. The maximum Gasteiger partial charge on any atom is 0.407 e. The third kappa shape index (κ3) is 5.52. The van der Waals surface area contributed by atoms with E-state index in [1.807, 2.05) is 39.0 Å². The molecule has 3 heterocycles. The van der Waals surface area contributed by atoms with Gasteiger partial charge in [-0.05, 0) is 38.0 Å². The Morgan fingerprint density at radius 2 is 2.02 bits per heavy atom. The lowest BCUT2D eigenvalue weighted by Gasteiger charge is -2.48. The Kier molecular flexibility index (Phi) is 8.92. The van der Waals surface area contributed by atoms with Gasteiger partial charge in [-0.2, -0.15) is 0 Å². The molecule has 2 aliphatic carbocycles. The Balaban J connectivity index is 1.50. The van der Waals surface area contributed by atoms with Gasteiger partial charge in [-0.25, -0.2) is 14.4 Å². The average Bonchev–Trinajstić information content (AvgIpc) is 3.58. The number of nitrogens with one attached hydrogen (secondary N) is 2. The van der Waals surface area contributed by atoms with Crippen molar-refractivity contribution in [3.63, 3.8) is 0 Å². The molecule has 5 N–H and O–H groups in total. The number of carbonyl (C=O) groups excluding carboxylic acids is 4. The summed E-state index contributed by atoms with van der Waals surface area (Å²) in [7, 11) is 1.42. The van der Waals surface area contributed by atoms with Gasteiger partial charge in [-0.3, -0.25) is 4.79 Å². The van der Waals surface area contributed by atoms with Crippen LogP contribution in [0.3, 0.4) is 0 Å². The van der Waals surface area contributed by atoms with E-state index in [4.69, 9.17) is 29.4 Å². The van der Waals surface area contributed by atoms with Crippen molar-refractivity contribution in [1.29, 1.82) is 0 Å². The minimum absolute atomic E-state index is 0.191. The maximum atomic E-state index is 13.5. The fourth-order valence-corrected chi connectivity index (χ4v) is 7.57. The molecule has 13 heteroatoms. The molecule has 1 saturated carbocycles. The Hall–Kier alpha value is -3.68. The van der Waals surface area contributed by atoms with Gasteiger partial charge < -0.3 is 44.8 Å². The van der Waals surface area contributed by atoms with E-state index in [2.05, 4.69) is 10.3 Å². The molecule has 1 aromatic rings. The fourth-order valence-electron chi connectivity index (χ4n) is 7.57. The van der Waals surface area contributed by atoms with Crippen LogP contribution < -0.4 is 11.1 Å². The molecule has 1 spiro atoms. The predicted molar refractivity (Wildman–Crippen MR) is 154 cm³/mol. The number of rotatable bonds is 7. The summed E-state index contributed by atoms with van der Waals surface area (Å²) in [6, 6.07) is 3.33. The third-order valence-corrected chi connectivity index (χ3v) is 9.62. The van der Waals surface area contributed by atoms with Crippen molar-refractivity contribution in [2.45, 2.75) is 76.3 Å². The van der Waals surface area contributed by atoms with Crippen LogP contribution in [0.5, 0.6) is 0 Å². The number of ether oxygens (including phenoxy) is 5. The first kappa shape index (κ1) is 31.7. The van der Waals surface area contributed by atoms with Crippen LogP contribution in [-0.4, -0.2) is 89.9 Å². The van der Waals surface area contributed by atoms with E-state index in [0.29, 0.717) is 5.69 Å². The van der Waals surface area contributed by atoms with E-state index in [1.165, 1.54) is 7.11 Å². The predicted octanol–water partition coefficient (Wildman–Crippen LogP) is 1.62. The average molecular weight is 616 g/mol. The van der Waals surface area contributed by atoms with Gasteiger partial charge in [0.1, 0.15) is 35.7 Å². The summed E-state index contributed by atoms with van der Waals surface area (Å²) in [4.78, 5) is 52.7. The van der Waals surface area contributed by atoms with Crippen molar-refractivity contribution >= 4 is 23.9 Å². The summed E-state index contributed by atoms with van der Waals surface area (Å²) in [5, 5.41) is 14.1. The zero-order chi connectivity index (χ0) is 31.9. The number of aromatic amines is 1. The van der Waals surface area contributed by atoms with Gasteiger partial charge in [0.15, 0.2) is 6.10 Å². The minimum atomic E-state index is -1.04. The molecule has 12 atom stereocenters. The number of H-pyrrole nitrogens is 1. The van der Waals surface area contributed by atoms with E-state index in [1.54, 1.807) is 25.3 Å². The Bertz CT molecular complexity index is 1330. The highest BCUT2D eigenvalue weighted by atomic mass is 16.6. The van der Waals surface area contributed by atoms with Gasteiger partial charge >= 0.3 is 18.0 Å². The summed E-state index contributed by atoms with van der Waals surface area (Å²) in [6.07, 6.45) is 1.88. The normalized spacial score (nSPS) is 39.6. The van der Waals surface area contributed by atoms with Crippen LogP contribution in [0.2, 0.25) is 0 Å². The number of nitrogens with two attached hydrogens (primary N) is 1. The molecule has 1 aromatic heterocycles. The highest BCUT2D eigenvalue weighted by Crippen LogP contribution is 2.61. The second kappa shape index (κ2) is 12.4. The number of methoxy groups -OCH3 is 1. The maximum absolute atomic E-state index is 13.5. The molecule has 13 nitrogen and oxygen atoms in total. The number of alkyl carbamates (subject to hydrolysis) is 1. The third-order valence-electron chi connectivity index (χ3n) is 9.62. The molecule has 5 rings (SSSR count). The molecule has 2 fully saturated rings. The van der Waals surface area contributed by atoms with Crippen LogP contribution >= 0.6 is 0 Å². The van der Waals surface area contributed by atoms with Gasteiger partial charge in [-0.1, -0.05) is 32.1 Å². The number of aliphatic hydroxyl groups is 1. The van der Waals surface area contributed by atoms with Crippen LogP contribution in [0, 0.1) is 29.6 Å². The van der Waals surface area contributed by atoms with Crippen LogP contribution in [-0.2, 0) is 33.3 Å². The molecule has 2 amide bonds. The van der Waals surface area contributed by atoms with Gasteiger partial charge in [0.25, 0.3) is 0 Å². The summed E-state index contributed by atoms with van der Waals surface area (Å²) in [5.41, 5.74) is 5.17. The van der Waals surface area contributed by atoms with E-state index in [-0.39, 0.29) is 24.2 Å². The Morgan fingerprint density at radius 1 is 1.27 bits per heavy atom. The number of amides is 2. The van der Waals surface area contributed by atoms with Gasteiger partial charge in [-0.15, -0.1) is 0 Å². The molecule has 0 aromatic carbocycles. The molecular formula is C31H41N3O10. The highest BCUT2D eigenvalue weighted by Gasteiger charge is 2.69. The Morgan fingerprint density at radius 3 is 2.68 bits per heavy atom. The van der Waals surface area contributed by atoms with Crippen molar-refractivity contribution < 1.29 is 48.0 Å². The lowest BCUT2D eigenvalue weighted by atomic mass is 9.57. The van der Waals surface area contributed by atoms with E-state index in [9.17, 15) is 24.3 Å². The zero-order valence-corrected chi connectivity index (χ0v) is 25.4. The highest BCUT2D eigenvalue weighted by molar-refractivity contribution is 5.87. The smallest absolute Gasteiger partial charge is 0.407 e. The second-order valence-electron chi connectivity index (χ2n) is 12.3. The topological polar surface area (TPSA) is 188 Å². The number of aromatic nitrogens is 1. The lowest BCUT2D eigenvalue weighted by Crippen LogP contribution is -2.57. The molecule has 1 unspecified atom stereocenters. The summed E-state index contributed by atoms with van der Waals surface area (Å²) in [5.74, 6) is -3.83. The molecule has 0 radical (unpaired) electrons. The standard InChI is InChI=1S/C31H41N3O10/c1-14-11-15(2)31-18(12-21(40-5)29(38)42-25(14)17(4)41-30(39)34-13-22(32)35)8-9-19-23(31)24(36)16(3)26(27(19)44-31)43-28(37)20-7-6-10-33-20/h6-11,14,16-19,21,23-27,33,36H,12-13H2,1-5H3,(H2,32,35)(H,34,39)/b15-11+/t14-,16-,17-,18?,19-,21+,23+,24-,25+,26-,27-,31+/m1/s1. The molecule has 1 saturated heterocycles. The van der Waals surface area contributed by atoms with Crippen molar-refractivity contribution in [2.24, 2.45) is 35.3 Å². The first-order valence-electron chi connectivity index (χ1n) is 14.9. The molecule has 4 bridgehead atoms. The van der Waals surface area contributed by atoms with Crippen LogP contribution in [0.4, 0.5) is 4.79 Å². The van der Waals surface area contributed by atoms with Gasteiger partial charge in [0, 0.05) is 42.9 Å². The van der Waals surface area contributed by atoms with E-state index < -0.39 is 84.5 Å². The summed E-state index contributed by atoms with van der Waals surface area (Å²) in [6.45, 7) is 6.78. The van der Waals surface area contributed by atoms with Crippen molar-refractivity contribution in [3.05, 3.63) is 47.8 Å². The number of hydrogen-bond acceptors (Lipinski definition) is 10. The first-order chi connectivity index (χ1) is 20.9. The SMILES string of the molecule is CO[C@H]1CC2C=C[C@H]3[C@H]4O[C@]2(/C(C)=C/[C@@H](C)[C@@H]([C@@H](C)OC(=O)NCC(N)=O)OC1=O)[C@@H]3[C@H](O)[C@@H](C)[C@H]4OC(=O)c1ccc[nH]1. The lowest BCUT2D eigenvalue weighted by molar-refractivity contribution is -0.172. The molecule has 240 valence electrons. The molecular weight excluding hydrogens is 574 g/mol. The summed E-state index contributed by atoms with van der Waals surface area (Å²) < 4.78 is 29.9. The molecule has 4 aliphatic rings. The number of carbonyl (C=O) groups is 4. The van der Waals surface area contributed by atoms with Crippen LogP contribution in [0.15, 0.2) is 42.1 Å². The van der Waals surface area contributed by atoms with Crippen molar-refractivity contribution in [1.82, 2.24) is 10.3 Å². The van der Waals surface area contributed by atoms with Gasteiger partial charge in [0.05, 0.1) is 12.6 Å². The molecule has 2 aliphatic heterocycles. The quantitative estimate of drug-likeness (QED) is 0.199.